The predicted octanol–water partition coefficient (Wildman–Crippen LogP) is 0.782. The number of hydrogen-bond donors (Lipinski definition) is 0. The molecule has 0 radical (unpaired) electrons. The zero-order chi connectivity index (χ0) is 13.4. The first kappa shape index (κ1) is 12.5. The van der Waals surface area contributed by atoms with Crippen LogP contribution in [0.3, 0.4) is 0 Å². The summed E-state index contributed by atoms with van der Waals surface area (Å²) in [5, 5.41) is 0. The Balaban J connectivity index is 1.64. The van der Waals surface area contributed by atoms with Gasteiger partial charge in [0, 0.05) is 0 Å². The topological polar surface area (TPSA) is 58.7 Å². The molecule has 108 valence electrons. The van der Waals surface area contributed by atoms with Crippen molar-refractivity contribution >= 4 is 0 Å². The molecule has 6 heteroatoms. The first-order valence-corrected chi connectivity index (χ1v) is 6.83. The molecule has 0 aromatic carbocycles. The lowest BCUT2D eigenvalue weighted by Crippen LogP contribution is -2.56. The van der Waals surface area contributed by atoms with Gasteiger partial charge in [0.2, 0.25) is 0 Å². The van der Waals surface area contributed by atoms with Crippen molar-refractivity contribution in [3.63, 3.8) is 0 Å². The molecule has 0 aliphatic carbocycles. The van der Waals surface area contributed by atoms with Crippen LogP contribution in [-0.2, 0) is 28.4 Å². The standard InChI is InChI=1S/C13H20O6/c1-12(2)16-8-7(6-5-14-6)15-11-10(9(8)17-12)18-13(3,4)19-11/h6-11H,5H2,1-4H3/t6-,7-,8+,9+,10-,11-/m1/s1. The van der Waals surface area contributed by atoms with E-state index in [1.54, 1.807) is 0 Å². The summed E-state index contributed by atoms with van der Waals surface area (Å²) in [4.78, 5) is 0. The fourth-order valence-electron chi connectivity index (χ4n) is 3.19. The number of rotatable bonds is 1. The molecule has 4 fully saturated rings. The van der Waals surface area contributed by atoms with Crippen molar-refractivity contribution < 1.29 is 28.4 Å². The van der Waals surface area contributed by atoms with Gasteiger partial charge in [-0.2, -0.15) is 0 Å². The van der Waals surface area contributed by atoms with Crippen molar-refractivity contribution in [1.29, 1.82) is 0 Å². The molecule has 4 aliphatic heterocycles. The molecule has 0 saturated carbocycles. The van der Waals surface area contributed by atoms with Crippen molar-refractivity contribution in [2.75, 3.05) is 6.61 Å². The van der Waals surface area contributed by atoms with E-state index in [1.165, 1.54) is 0 Å². The summed E-state index contributed by atoms with van der Waals surface area (Å²) in [5.74, 6) is -1.29. The van der Waals surface area contributed by atoms with Gasteiger partial charge in [0.05, 0.1) is 6.61 Å². The fraction of sp³-hybridized carbons (Fsp3) is 1.00. The lowest BCUT2D eigenvalue weighted by molar-refractivity contribution is -0.237. The van der Waals surface area contributed by atoms with Crippen molar-refractivity contribution in [2.24, 2.45) is 0 Å². The molecule has 4 rings (SSSR count). The number of ether oxygens (including phenoxy) is 6. The van der Waals surface area contributed by atoms with Gasteiger partial charge in [0.25, 0.3) is 0 Å². The van der Waals surface area contributed by atoms with Gasteiger partial charge in [0.1, 0.15) is 30.5 Å². The quantitative estimate of drug-likeness (QED) is 0.658. The molecule has 6 atom stereocenters. The van der Waals surface area contributed by atoms with E-state index in [9.17, 15) is 0 Å². The van der Waals surface area contributed by atoms with Gasteiger partial charge in [0.15, 0.2) is 17.9 Å². The Labute approximate surface area is 112 Å². The highest BCUT2D eigenvalue weighted by Crippen LogP contribution is 2.46. The van der Waals surface area contributed by atoms with Gasteiger partial charge in [-0.25, -0.2) is 0 Å². The van der Waals surface area contributed by atoms with E-state index in [4.69, 9.17) is 28.4 Å². The average molecular weight is 272 g/mol. The molecule has 6 nitrogen and oxygen atoms in total. The summed E-state index contributed by atoms with van der Waals surface area (Å²) >= 11 is 0. The van der Waals surface area contributed by atoms with Crippen LogP contribution >= 0.6 is 0 Å². The summed E-state index contributed by atoms with van der Waals surface area (Å²) in [6.45, 7) is 8.29. The summed E-state index contributed by atoms with van der Waals surface area (Å²) < 4.78 is 35.1. The van der Waals surface area contributed by atoms with Gasteiger partial charge in [-0.3, -0.25) is 0 Å². The van der Waals surface area contributed by atoms with E-state index in [0.29, 0.717) is 6.61 Å². The van der Waals surface area contributed by atoms with Gasteiger partial charge < -0.3 is 28.4 Å². The largest absolute Gasteiger partial charge is 0.370 e. The van der Waals surface area contributed by atoms with E-state index < -0.39 is 17.9 Å². The normalized spacial score (nSPS) is 53.7. The first-order chi connectivity index (χ1) is 8.85. The van der Waals surface area contributed by atoms with Gasteiger partial charge in [-0.15, -0.1) is 0 Å². The molecule has 0 aromatic heterocycles. The molecular formula is C13H20O6. The Morgan fingerprint density at radius 1 is 0.737 bits per heavy atom. The first-order valence-electron chi connectivity index (χ1n) is 6.83. The van der Waals surface area contributed by atoms with Crippen LogP contribution in [0.4, 0.5) is 0 Å². The van der Waals surface area contributed by atoms with Crippen LogP contribution in [-0.4, -0.2) is 55.0 Å². The summed E-state index contributed by atoms with van der Waals surface area (Å²) in [6.07, 6.45) is -1.07. The summed E-state index contributed by atoms with van der Waals surface area (Å²) in [7, 11) is 0. The lowest BCUT2D eigenvalue weighted by atomic mass is 9.97. The molecule has 0 N–H and O–H groups in total. The minimum Gasteiger partial charge on any atom is -0.370 e. The van der Waals surface area contributed by atoms with Crippen LogP contribution in [0.1, 0.15) is 27.7 Å². The highest BCUT2D eigenvalue weighted by molar-refractivity contribution is 5.03. The van der Waals surface area contributed by atoms with Crippen molar-refractivity contribution in [1.82, 2.24) is 0 Å². The van der Waals surface area contributed by atoms with Crippen LogP contribution in [0.2, 0.25) is 0 Å². The monoisotopic (exact) mass is 272 g/mol. The molecule has 4 saturated heterocycles. The minimum atomic E-state index is -0.657. The second kappa shape index (κ2) is 3.69. The molecule has 0 amide bonds. The molecule has 19 heavy (non-hydrogen) atoms. The highest BCUT2D eigenvalue weighted by Gasteiger charge is 2.63. The second-order valence-corrected chi connectivity index (χ2v) is 6.51. The van der Waals surface area contributed by atoms with Gasteiger partial charge >= 0.3 is 0 Å². The average Bonchev–Trinajstić information content (AvgIpc) is 2.98. The Morgan fingerprint density at radius 2 is 1.26 bits per heavy atom. The number of hydrogen-bond acceptors (Lipinski definition) is 6. The Kier molecular flexibility index (Phi) is 2.43. The molecule has 0 aromatic rings. The Hall–Kier alpha value is -0.240. The van der Waals surface area contributed by atoms with Crippen LogP contribution < -0.4 is 0 Å². The summed E-state index contributed by atoms with van der Waals surface area (Å²) in [6, 6.07) is 0. The maximum Gasteiger partial charge on any atom is 0.190 e. The van der Waals surface area contributed by atoms with E-state index in [2.05, 4.69) is 0 Å². The van der Waals surface area contributed by atoms with Crippen molar-refractivity contribution in [2.45, 2.75) is 76.1 Å². The SMILES string of the molecule is CC1(C)O[C@@H]2[C@H](O1)[C@H]1OC(C)(C)O[C@H]1O[C@@H]2[C@H]1CO1. The third kappa shape index (κ3) is 2.02. The molecule has 0 spiro atoms. The Morgan fingerprint density at radius 3 is 1.89 bits per heavy atom. The maximum atomic E-state index is 6.01. The second-order valence-electron chi connectivity index (χ2n) is 6.51. The zero-order valence-corrected chi connectivity index (χ0v) is 11.6. The molecule has 4 aliphatic rings. The fourth-order valence-corrected chi connectivity index (χ4v) is 3.19. The van der Waals surface area contributed by atoms with Crippen LogP contribution in [0.5, 0.6) is 0 Å². The minimum absolute atomic E-state index is 0.0817. The molecular weight excluding hydrogens is 252 g/mol. The van der Waals surface area contributed by atoms with Crippen molar-refractivity contribution in [3.05, 3.63) is 0 Å². The Bertz CT molecular complexity index is 391. The predicted molar refractivity (Wildman–Crippen MR) is 62.3 cm³/mol. The molecule has 4 heterocycles. The maximum absolute atomic E-state index is 6.01. The number of fused-ring (bicyclic) bond motifs is 3. The van der Waals surface area contributed by atoms with Gasteiger partial charge in [-0.1, -0.05) is 0 Å². The number of epoxide rings is 1. The van der Waals surface area contributed by atoms with Crippen LogP contribution in [0.15, 0.2) is 0 Å². The summed E-state index contributed by atoms with van der Waals surface area (Å²) in [5.41, 5.74) is 0. The zero-order valence-electron chi connectivity index (χ0n) is 11.6. The smallest absolute Gasteiger partial charge is 0.190 e. The van der Waals surface area contributed by atoms with Crippen LogP contribution in [0.25, 0.3) is 0 Å². The van der Waals surface area contributed by atoms with Gasteiger partial charge in [-0.05, 0) is 27.7 Å². The van der Waals surface area contributed by atoms with E-state index in [0.717, 1.165) is 0 Å². The van der Waals surface area contributed by atoms with E-state index >= 15 is 0 Å². The van der Waals surface area contributed by atoms with E-state index in [-0.39, 0.29) is 30.5 Å². The highest BCUT2D eigenvalue weighted by atomic mass is 16.9. The van der Waals surface area contributed by atoms with Crippen LogP contribution in [0, 0.1) is 0 Å². The van der Waals surface area contributed by atoms with Crippen molar-refractivity contribution in [3.8, 4) is 0 Å². The third-order valence-corrected chi connectivity index (χ3v) is 3.92. The molecule has 0 unspecified atom stereocenters. The third-order valence-electron chi connectivity index (χ3n) is 3.92. The van der Waals surface area contributed by atoms with E-state index in [1.807, 2.05) is 27.7 Å². The molecule has 0 bridgehead atoms. The lowest BCUT2D eigenvalue weighted by Gasteiger charge is -2.36.